The van der Waals surface area contributed by atoms with Gasteiger partial charge in [-0.05, 0) is 18.6 Å². The van der Waals surface area contributed by atoms with Crippen molar-refractivity contribution < 1.29 is 13.2 Å². The van der Waals surface area contributed by atoms with Crippen LogP contribution in [0.5, 0.6) is 0 Å². The predicted molar refractivity (Wildman–Crippen MR) is 75.4 cm³/mol. The number of ether oxygens (including phenoxy) is 1. The van der Waals surface area contributed by atoms with E-state index in [1.54, 1.807) is 13.3 Å². The molecule has 3 heterocycles. The highest BCUT2D eigenvalue weighted by molar-refractivity contribution is 7.91. The molecule has 0 radical (unpaired) electrons. The highest BCUT2D eigenvalue weighted by Crippen LogP contribution is 2.28. The molecule has 0 bridgehead atoms. The average molecular weight is 295 g/mol. The zero-order chi connectivity index (χ0) is 14.2. The summed E-state index contributed by atoms with van der Waals surface area (Å²) in [5.41, 5.74) is 1.57. The van der Waals surface area contributed by atoms with Crippen LogP contribution in [0.1, 0.15) is 18.3 Å². The SMILES string of the molecule is COCCc1nc2cccnc2n1C1CCS(=O)(=O)C1. The van der Waals surface area contributed by atoms with Gasteiger partial charge in [-0.25, -0.2) is 18.4 Å². The zero-order valence-electron chi connectivity index (χ0n) is 11.3. The molecule has 6 nitrogen and oxygen atoms in total. The highest BCUT2D eigenvalue weighted by atomic mass is 32.2. The van der Waals surface area contributed by atoms with Gasteiger partial charge >= 0.3 is 0 Å². The normalized spacial score (nSPS) is 21.6. The van der Waals surface area contributed by atoms with Crippen molar-refractivity contribution in [1.82, 2.24) is 14.5 Å². The third-order valence-electron chi connectivity index (χ3n) is 3.63. The fraction of sp³-hybridized carbons (Fsp3) is 0.538. The second-order valence-electron chi connectivity index (χ2n) is 5.04. The number of hydrogen-bond acceptors (Lipinski definition) is 5. The summed E-state index contributed by atoms with van der Waals surface area (Å²) in [4.78, 5) is 8.94. The topological polar surface area (TPSA) is 74.1 Å². The van der Waals surface area contributed by atoms with Crippen molar-refractivity contribution in [1.29, 1.82) is 0 Å². The van der Waals surface area contributed by atoms with Crippen LogP contribution in [0.3, 0.4) is 0 Å². The Bertz CT molecular complexity index is 724. The molecule has 1 aliphatic rings. The maximum absolute atomic E-state index is 11.7. The number of pyridine rings is 1. The maximum Gasteiger partial charge on any atom is 0.160 e. The van der Waals surface area contributed by atoms with E-state index in [4.69, 9.17) is 4.74 Å². The molecule has 2 aromatic rings. The maximum atomic E-state index is 11.7. The van der Waals surface area contributed by atoms with E-state index in [2.05, 4.69) is 9.97 Å². The Morgan fingerprint density at radius 1 is 1.50 bits per heavy atom. The third-order valence-corrected chi connectivity index (χ3v) is 5.38. The van der Waals surface area contributed by atoms with Crippen LogP contribution in [0, 0.1) is 0 Å². The monoisotopic (exact) mass is 295 g/mol. The van der Waals surface area contributed by atoms with E-state index in [-0.39, 0.29) is 17.5 Å². The molecule has 0 aromatic carbocycles. The van der Waals surface area contributed by atoms with Crippen LogP contribution < -0.4 is 0 Å². The Kier molecular flexibility index (Phi) is 3.47. The van der Waals surface area contributed by atoms with Gasteiger partial charge in [-0.15, -0.1) is 0 Å². The van der Waals surface area contributed by atoms with Gasteiger partial charge < -0.3 is 9.30 Å². The Morgan fingerprint density at radius 3 is 3.05 bits per heavy atom. The fourth-order valence-electron chi connectivity index (χ4n) is 2.71. The van der Waals surface area contributed by atoms with E-state index in [9.17, 15) is 8.42 Å². The molecule has 0 saturated carbocycles. The summed E-state index contributed by atoms with van der Waals surface area (Å²) >= 11 is 0. The molecule has 2 aromatic heterocycles. The van der Waals surface area contributed by atoms with E-state index in [0.29, 0.717) is 19.4 Å². The quantitative estimate of drug-likeness (QED) is 0.840. The first-order valence-electron chi connectivity index (χ1n) is 6.62. The van der Waals surface area contributed by atoms with Gasteiger partial charge in [0.2, 0.25) is 0 Å². The lowest BCUT2D eigenvalue weighted by molar-refractivity contribution is 0.199. The third kappa shape index (κ3) is 2.43. The molecule has 1 saturated heterocycles. The molecule has 0 amide bonds. The summed E-state index contributed by atoms with van der Waals surface area (Å²) < 4.78 is 30.5. The van der Waals surface area contributed by atoms with Crippen LogP contribution in [0.4, 0.5) is 0 Å². The average Bonchev–Trinajstić information content (AvgIpc) is 2.95. The number of imidazole rings is 1. The molecule has 7 heteroatoms. The van der Waals surface area contributed by atoms with Crippen molar-refractivity contribution in [3.8, 4) is 0 Å². The first kappa shape index (κ1) is 13.5. The molecule has 0 spiro atoms. The van der Waals surface area contributed by atoms with Crippen molar-refractivity contribution >= 4 is 21.0 Å². The summed E-state index contributed by atoms with van der Waals surface area (Å²) in [6.07, 6.45) is 3.00. The van der Waals surface area contributed by atoms with Crippen LogP contribution in [0.15, 0.2) is 18.3 Å². The van der Waals surface area contributed by atoms with Crippen molar-refractivity contribution in [3.63, 3.8) is 0 Å². The molecule has 1 fully saturated rings. The number of rotatable bonds is 4. The molecule has 0 N–H and O–H groups in total. The van der Waals surface area contributed by atoms with Crippen LogP contribution in [-0.4, -0.2) is 48.2 Å². The molecule has 20 heavy (non-hydrogen) atoms. The number of sulfone groups is 1. The van der Waals surface area contributed by atoms with Crippen molar-refractivity contribution in [2.45, 2.75) is 18.9 Å². The van der Waals surface area contributed by atoms with Crippen LogP contribution in [-0.2, 0) is 21.0 Å². The Balaban J connectivity index is 2.06. The fourth-order valence-corrected chi connectivity index (χ4v) is 4.41. The van der Waals surface area contributed by atoms with E-state index >= 15 is 0 Å². The van der Waals surface area contributed by atoms with E-state index < -0.39 is 9.84 Å². The van der Waals surface area contributed by atoms with Crippen LogP contribution in [0.25, 0.3) is 11.2 Å². The van der Waals surface area contributed by atoms with Crippen LogP contribution >= 0.6 is 0 Å². The predicted octanol–water partition coefficient (Wildman–Crippen LogP) is 0.980. The number of methoxy groups -OCH3 is 1. The van der Waals surface area contributed by atoms with Crippen LogP contribution in [0.2, 0.25) is 0 Å². The van der Waals surface area contributed by atoms with Gasteiger partial charge in [0.1, 0.15) is 11.3 Å². The molecule has 0 aliphatic carbocycles. The second kappa shape index (κ2) is 5.14. The molecule has 1 atom stereocenters. The lowest BCUT2D eigenvalue weighted by Crippen LogP contribution is -2.15. The summed E-state index contributed by atoms with van der Waals surface area (Å²) in [7, 11) is -1.29. The number of aromatic nitrogens is 3. The van der Waals surface area contributed by atoms with E-state index in [0.717, 1.165) is 17.0 Å². The molecule has 108 valence electrons. The molecule has 3 rings (SSSR count). The van der Waals surface area contributed by atoms with Gasteiger partial charge in [0.15, 0.2) is 15.5 Å². The lowest BCUT2D eigenvalue weighted by Gasteiger charge is -2.14. The number of nitrogens with zero attached hydrogens (tertiary/aromatic N) is 3. The van der Waals surface area contributed by atoms with Gasteiger partial charge in [0, 0.05) is 19.7 Å². The molecular formula is C13H17N3O3S. The van der Waals surface area contributed by atoms with Crippen molar-refractivity contribution in [2.24, 2.45) is 0 Å². The first-order valence-corrected chi connectivity index (χ1v) is 8.44. The summed E-state index contributed by atoms with van der Waals surface area (Å²) in [5, 5.41) is 0. The van der Waals surface area contributed by atoms with Crippen molar-refractivity contribution in [2.75, 3.05) is 25.2 Å². The first-order chi connectivity index (χ1) is 9.61. The zero-order valence-corrected chi connectivity index (χ0v) is 12.1. The van der Waals surface area contributed by atoms with Gasteiger partial charge in [0.25, 0.3) is 0 Å². The number of hydrogen-bond donors (Lipinski definition) is 0. The van der Waals surface area contributed by atoms with E-state index in [1.165, 1.54) is 0 Å². The largest absolute Gasteiger partial charge is 0.384 e. The molecule has 1 unspecified atom stereocenters. The smallest absolute Gasteiger partial charge is 0.160 e. The molecular weight excluding hydrogens is 278 g/mol. The Morgan fingerprint density at radius 2 is 2.35 bits per heavy atom. The lowest BCUT2D eigenvalue weighted by atomic mass is 10.2. The summed E-state index contributed by atoms with van der Waals surface area (Å²) in [5.74, 6) is 1.27. The van der Waals surface area contributed by atoms with Gasteiger partial charge in [-0.3, -0.25) is 0 Å². The second-order valence-corrected chi connectivity index (χ2v) is 7.27. The minimum atomic E-state index is -2.94. The van der Waals surface area contributed by atoms with Gasteiger partial charge in [-0.1, -0.05) is 0 Å². The van der Waals surface area contributed by atoms with Gasteiger partial charge in [0.05, 0.1) is 24.2 Å². The minimum absolute atomic E-state index is 0.0632. The van der Waals surface area contributed by atoms with E-state index in [1.807, 2.05) is 16.7 Å². The molecule has 1 aliphatic heterocycles. The Hall–Kier alpha value is -1.47. The summed E-state index contributed by atoms with van der Waals surface area (Å²) in [6.45, 7) is 0.558. The Labute approximate surface area is 117 Å². The number of fused-ring (bicyclic) bond motifs is 1. The summed E-state index contributed by atoms with van der Waals surface area (Å²) in [6, 6.07) is 3.68. The highest BCUT2D eigenvalue weighted by Gasteiger charge is 2.31. The van der Waals surface area contributed by atoms with Crippen molar-refractivity contribution in [3.05, 3.63) is 24.2 Å². The minimum Gasteiger partial charge on any atom is -0.384 e. The van der Waals surface area contributed by atoms with Gasteiger partial charge in [-0.2, -0.15) is 0 Å². The standard InChI is InChI=1S/C13H17N3O3S/c1-19-7-4-12-15-11-3-2-6-14-13(11)16(12)10-5-8-20(17,18)9-10/h2-3,6,10H,4-5,7-9H2,1H3.